The van der Waals surface area contributed by atoms with Gasteiger partial charge >= 0.3 is 0 Å². The van der Waals surface area contributed by atoms with E-state index in [2.05, 4.69) is 20.8 Å². The first kappa shape index (κ1) is 17.7. The highest BCUT2D eigenvalue weighted by Crippen LogP contribution is 2.18. The van der Waals surface area contributed by atoms with E-state index in [-0.39, 0.29) is 11.6 Å². The number of hydrogen-bond acceptors (Lipinski definition) is 5. The van der Waals surface area contributed by atoms with E-state index in [9.17, 15) is 4.79 Å². The summed E-state index contributed by atoms with van der Waals surface area (Å²) in [7, 11) is 1.63. The van der Waals surface area contributed by atoms with E-state index in [4.69, 9.17) is 16.3 Å². The fourth-order valence-corrected chi connectivity index (χ4v) is 2.53. The minimum atomic E-state index is -0.351. The van der Waals surface area contributed by atoms with Crippen LogP contribution in [0.1, 0.15) is 16.1 Å². The molecule has 0 saturated carbocycles. The summed E-state index contributed by atoms with van der Waals surface area (Å²) in [5.41, 5.74) is 1.81. The van der Waals surface area contributed by atoms with Crippen molar-refractivity contribution in [1.82, 2.24) is 10.2 Å². The number of benzene rings is 2. The maximum Gasteiger partial charge on any atom is 0.276 e. The Bertz CT molecular complexity index is 900. The molecule has 1 aromatic heterocycles. The molecule has 2 aromatic carbocycles. The van der Waals surface area contributed by atoms with Crippen LogP contribution in [0.25, 0.3) is 0 Å². The van der Waals surface area contributed by atoms with Crippen LogP contribution in [0.4, 0.5) is 11.5 Å². The number of aromatic nitrogens is 2. The van der Waals surface area contributed by atoms with Crippen LogP contribution < -0.4 is 15.4 Å². The monoisotopic (exact) mass is 368 g/mol. The normalized spacial score (nSPS) is 10.2. The summed E-state index contributed by atoms with van der Waals surface area (Å²) in [6.07, 6.45) is 0. The first-order chi connectivity index (χ1) is 12.7. The standard InChI is InChI=1S/C19H17ClN4O2/c1-26-17-8-3-2-5-13(17)12-21-18-10-9-16(23-24-18)19(25)22-15-7-4-6-14(20)11-15/h2-11H,12H2,1H3,(H,21,24)(H,22,25). The third-order valence-corrected chi connectivity index (χ3v) is 3.87. The Morgan fingerprint density at radius 2 is 1.92 bits per heavy atom. The zero-order valence-corrected chi connectivity index (χ0v) is 14.8. The molecule has 0 saturated heterocycles. The van der Waals surface area contributed by atoms with E-state index in [0.29, 0.717) is 23.1 Å². The first-order valence-corrected chi connectivity index (χ1v) is 8.30. The lowest BCUT2D eigenvalue weighted by molar-refractivity contribution is 0.102. The van der Waals surface area contributed by atoms with Crippen LogP contribution in [0.5, 0.6) is 5.75 Å². The Balaban J connectivity index is 1.62. The quantitative estimate of drug-likeness (QED) is 0.687. The van der Waals surface area contributed by atoms with E-state index in [1.165, 1.54) is 0 Å². The van der Waals surface area contributed by atoms with Crippen LogP contribution in [0.15, 0.2) is 60.7 Å². The van der Waals surface area contributed by atoms with Crippen molar-refractivity contribution < 1.29 is 9.53 Å². The molecule has 26 heavy (non-hydrogen) atoms. The molecule has 2 N–H and O–H groups in total. The molecule has 132 valence electrons. The highest BCUT2D eigenvalue weighted by atomic mass is 35.5. The molecule has 0 bridgehead atoms. The highest BCUT2D eigenvalue weighted by molar-refractivity contribution is 6.30. The summed E-state index contributed by atoms with van der Waals surface area (Å²) in [6.45, 7) is 0.534. The Morgan fingerprint density at radius 3 is 2.65 bits per heavy atom. The van der Waals surface area contributed by atoms with Crippen LogP contribution in [0.3, 0.4) is 0 Å². The Labute approximate surface area is 156 Å². The third-order valence-electron chi connectivity index (χ3n) is 3.63. The molecule has 0 fully saturated rings. The molecule has 0 unspecified atom stereocenters. The molecule has 1 amide bonds. The first-order valence-electron chi connectivity index (χ1n) is 7.92. The summed E-state index contributed by atoms with van der Waals surface area (Å²) in [5.74, 6) is 1.01. The summed E-state index contributed by atoms with van der Waals surface area (Å²) in [5, 5.41) is 14.4. The minimum Gasteiger partial charge on any atom is -0.496 e. The summed E-state index contributed by atoms with van der Waals surface area (Å²) in [4.78, 5) is 12.2. The van der Waals surface area contributed by atoms with Gasteiger partial charge in [0.1, 0.15) is 11.6 Å². The zero-order valence-electron chi connectivity index (χ0n) is 14.1. The van der Waals surface area contributed by atoms with Crippen molar-refractivity contribution in [2.45, 2.75) is 6.54 Å². The predicted octanol–water partition coefficient (Wildman–Crippen LogP) is 4.00. The van der Waals surface area contributed by atoms with Crippen molar-refractivity contribution in [2.24, 2.45) is 0 Å². The van der Waals surface area contributed by atoms with Gasteiger partial charge in [0.2, 0.25) is 0 Å². The second kappa shape index (κ2) is 8.31. The molecule has 1 heterocycles. The number of hydrogen-bond donors (Lipinski definition) is 2. The van der Waals surface area contributed by atoms with Gasteiger partial charge in [-0.05, 0) is 36.4 Å². The van der Waals surface area contributed by atoms with Gasteiger partial charge in [0.05, 0.1) is 7.11 Å². The molecule has 0 radical (unpaired) electrons. The lowest BCUT2D eigenvalue weighted by atomic mass is 10.2. The minimum absolute atomic E-state index is 0.216. The molecule has 0 atom stereocenters. The smallest absolute Gasteiger partial charge is 0.276 e. The number of rotatable bonds is 6. The molecule has 0 aliphatic rings. The molecule has 3 rings (SSSR count). The average Bonchev–Trinajstić information content (AvgIpc) is 2.67. The number of ether oxygens (including phenoxy) is 1. The third kappa shape index (κ3) is 4.49. The van der Waals surface area contributed by atoms with Gasteiger partial charge in [0, 0.05) is 22.8 Å². The summed E-state index contributed by atoms with van der Waals surface area (Å²) >= 11 is 5.91. The number of nitrogens with zero attached hydrogens (tertiary/aromatic N) is 2. The van der Waals surface area contributed by atoms with Crippen LogP contribution in [0.2, 0.25) is 5.02 Å². The fraction of sp³-hybridized carbons (Fsp3) is 0.105. The molecular weight excluding hydrogens is 352 g/mol. The van der Waals surface area contributed by atoms with Gasteiger partial charge in [-0.1, -0.05) is 35.9 Å². The van der Waals surface area contributed by atoms with Crippen molar-refractivity contribution in [1.29, 1.82) is 0 Å². The number of halogens is 1. The number of carbonyl (C=O) groups is 1. The topological polar surface area (TPSA) is 76.1 Å². The second-order valence-corrected chi connectivity index (χ2v) is 5.87. The van der Waals surface area contributed by atoms with Crippen molar-refractivity contribution in [3.8, 4) is 5.75 Å². The van der Waals surface area contributed by atoms with Gasteiger partial charge in [-0.25, -0.2) is 0 Å². The number of anilines is 2. The fourth-order valence-electron chi connectivity index (χ4n) is 2.34. The second-order valence-electron chi connectivity index (χ2n) is 5.43. The Morgan fingerprint density at radius 1 is 1.08 bits per heavy atom. The van der Waals surface area contributed by atoms with Gasteiger partial charge in [0.25, 0.3) is 5.91 Å². The van der Waals surface area contributed by atoms with Crippen LogP contribution in [-0.2, 0) is 6.54 Å². The van der Waals surface area contributed by atoms with Crippen molar-refractivity contribution in [3.05, 3.63) is 76.9 Å². The van der Waals surface area contributed by atoms with Crippen LogP contribution >= 0.6 is 11.6 Å². The van der Waals surface area contributed by atoms with Gasteiger partial charge in [-0.15, -0.1) is 10.2 Å². The van der Waals surface area contributed by atoms with E-state index in [1.807, 2.05) is 24.3 Å². The lowest BCUT2D eigenvalue weighted by Gasteiger charge is -2.10. The summed E-state index contributed by atoms with van der Waals surface area (Å²) < 4.78 is 5.31. The molecule has 0 spiro atoms. The van der Waals surface area contributed by atoms with Gasteiger partial charge in [0.15, 0.2) is 5.69 Å². The Hall–Kier alpha value is -3.12. The van der Waals surface area contributed by atoms with Crippen LogP contribution in [-0.4, -0.2) is 23.2 Å². The van der Waals surface area contributed by atoms with Crippen molar-refractivity contribution in [2.75, 3.05) is 17.7 Å². The van der Waals surface area contributed by atoms with Gasteiger partial charge in [-0.2, -0.15) is 0 Å². The van der Waals surface area contributed by atoms with Crippen molar-refractivity contribution in [3.63, 3.8) is 0 Å². The molecule has 0 aliphatic heterocycles. The maximum atomic E-state index is 12.2. The molecule has 6 nitrogen and oxygen atoms in total. The maximum absolute atomic E-state index is 12.2. The number of para-hydroxylation sites is 1. The largest absolute Gasteiger partial charge is 0.496 e. The summed E-state index contributed by atoms with van der Waals surface area (Å²) in [6, 6.07) is 17.9. The number of nitrogens with one attached hydrogen (secondary N) is 2. The highest BCUT2D eigenvalue weighted by Gasteiger charge is 2.09. The molecular formula is C19H17ClN4O2. The number of carbonyl (C=O) groups excluding carboxylic acids is 1. The number of amides is 1. The van der Waals surface area contributed by atoms with E-state index in [0.717, 1.165) is 11.3 Å². The van der Waals surface area contributed by atoms with Crippen LogP contribution in [0, 0.1) is 0 Å². The van der Waals surface area contributed by atoms with E-state index in [1.54, 1.807) is 43.5 Å². The molecule has 7 heteroatoms. The van der Waals surface area contributed by atoms with E-state index < -0.39 is 0 Å². The van der Waals surface area contributed by atoms with Gasteiger partial charge < -0.3 is 15.4 Å². The van der Waals surface area contributed by atoms with E-state index >= 15 is 0 Å². The SMILES string of the molecule is COc1ccccc1CNc1ccc(C(=O)Nc2cccc(Cl)c2)nn1. The zero-order chi connectivity index (χ0) is 18.4. The molecule has 0 aliphatic carbocycles. The molecule has 3 aromatic rings. The lowest BCUT2D eigenvalue weighted by Crippen LogP contribution is -2.15. The van der Waals surface area contributed by atoms with Crippen molar-refractivity contribution >= 4 is 29.0 Å². The predicted molar refractivity (Wildman–Crippen MR) is 102 cm³/mol. The Kier molecular flexibility index (Phi) is 5.66. The number of methoxy groups -OCH3 is 1. The van der Waals surface area contributed by atoms with Gasteiger partial charge in [-0.3, -0.25) is 4.79 Å². The average molecular weight is 369 g/mol.